The van der Waals surface area contributed by atoms with Crippen molar-refractivity contribution in [1.29, 1.82) is 0 Å². The van der Waals surface area contributed by atoms with Gasteiger partial charge in [0.05, 0.1) is 6.10 Å². The molecule has 0 saturated heterocycles. The van der Waals surface area contributed by atoms with Crippen LogP contribution in [0, 0.1) is 28.6 Å². The van der Waals surface area contributed by atoms with Gasteiger partial charge in [0.2, 0.25) is 0 Å². The Morgan fingerprint density at radius 3 is 2.57 bits per heavy atom. The standard InChI is InChI=1S/C19H35NO/c1-18(13-20-3)10-5-11-19(2)16-12-15(21-4)8-6-14(16)7-9-17(18)19/h14-17,20H,5-13H2,1-4H3/t14?,15?,16?,17?,18-,19?/m0/s1. The van der Waals surface area contributed by atoms with Crippen molar-refractivity contribution in [3.63, 3.8) is 0 Å². The third-order valence-electron chi connectivity index (χ3n) is 7.63. The first kappa shape index (κ1) is 15.8. The fraction of sp³-hybridized carbons (Fsp3) is 1.00. The molecule has 3 aliphatic rings. The second-order valence-electron chi connectivity index (χ2n) is 8.71. The van der Waals surface area contributed by atoms with Gasteiger partial charge >= 0.3 is 0 Å². The number of ether oxygens (including phenoxy) is 1. The summed E-state index contributed by atoms with van der Waals surface area (Å²) in [6.45, 7) is 6.39. The van der Waals surface area contributed by atoms with E-state index >= 15 is 0 Å². The molecule has 2 heteroatoms. The van der Waals surface area contributed by atoms with Crippen LogP contribution in [-0.4, -0.2) is 26.8 Å². The van der Waals surface area contributed by atoms with Gasteiger partial charge in [-0.25, -0.2) is 0 Å². The molecule has 0 aliphatic heterocycles. The topological polar surface area (TPSA) is 21.3 Å². The molecule has 2 nitrogen and oxygen atoms in total. The molecule has 3 fully saturated rings. The first-order valence-corrected chi connectivity index (χ1v) is 9.21. The third kappa shape index (κ3) is 2.57. The van der Waals surface area contributed by atoms with Crippen LogP contribution in [0.1, 0.15) is 65.2 Å². The van der Waals surface area contributed by atoms with E-state index in [1.807, 2.05) is 7.11 Å². The van der Waals surface area contributed by atoms with Gasteiger partial charge in [-0.2, -0.15) is 0 Å². The van der Waals surface area contributed by atoms with Gasteiger partial charge in [0.25, 0.3) is 0 Å². The Hall–Kier alpha value is -0.0800. The maximum atomic E-state index is 5.75. The van der Waals surface area contributed by atoms with Crippen molar-refractivity contribution in [2.45, 2.75) is 71.3 Å². The summed E-state index contributed by atoms with van der Waals surface area (Å²) in [5, 5.41) is 3.50. The van der Waals surface area contributed by atoms with Crippen molar-refractivity contribution < 1.29 is 4.74 Å². The number of rotatable bonds is 3. The minimum atomic E-state index is 0.507. The van der Waals surface area contributed by atoms with Crippen LogP contribution < -0.4 is 5.32 Å². The highest BCUT2D eigenvalue weighted by molar-refractivity contribution is 5.06. The number of nitrogens with one attached hydrogen (secondary N) is 1. The predicted molar refractivity (Wildman–Crippen MR) is 88.3 cm³/mol. The molecule has 3 saturated carbocycles. The molecule has 122 valence electrons. The van der Waals surface area contributed by atoms with Crippen LogP contribution in [0.4, 0.5) is 0 Å². The molecule has 21 heavy (non-hydrogen) atoms. The van der Waals surface area contributed by atoms with Crippen LogP contribution in [0.5, 0.6) is 0 Å². The van der Waals surface area contributed by atoms with E-state index in [1.54, 1.807) is 0 Å². The molecular formula is C19H35NO. The quantitative estimate of drug-likeness (QED) is 0.840. The van der Waals surface area contributed by atoms with Crippen LogP contribution in [0.2, 0.25) is 0 Å². The van der Waals surface area contributed by atoms with Crippen LogP contribution in [0.3, 0.4) is 0 Å². The smallest absolute Gasteiger partial charge is 0.0574 e. The van der Waals surface area contributed by atoms with E-state index in [4.69, 9.17) is 4.74 Å². The first-order chi connectivity index (χ1) is 10.0. The molecule has 0 bridgehead atoms. The Labute approximate surface area is 131 Å². The maximum Gasteiger partial charge on any atom is 0.0574 e. The van der Waals surface area contributed by atoms with Crippen LogP contribution in [0.15, 0.2) is 0 Å². The SMILES string of the molecule is CNC[C@]1(C)CCCC2(C)C3CC(OC)CCC3CCC21. The number of hydrogen-bond donors (Lipinski definition) is 1. The van der Waals surface area contributed by atoms with E-state index in [9.17, 15) is 0 Å². The minimum Gasteiger partial charge on any atom is -0.381 e. The molecule has 1 N–H and O–H groups in total. The van der Waals surface area contributed by atoms with Gasteiger partial charge in [0.1, 0.15) is 0 Å². The monoisotopic (exact) mass is 293 g/mol. The zero-order chi connectivity index (χ0) is 15.1. The van der Waals surface area contributed by atoms with E-state index < -0.39 is 0 Å². The van der Waals surface area contributed by atoms with Gasteiger partial charge in [-0.3, -0.25) is 0 Å². The molecule has 0 amide bonds. The zero-order valence-electron chi connectivity index (χ0n) is 14.6. The fourth-order valence-corrected chi connectivity index (χ4v) is 6.70. The van der Waals surface area contributed by atoms with E-state index in [1.165, 1.54) is 57.9 Å². The summed E-state index contributed by atoms with van der Waals surface area (Å²) in [4.78, 5) is 0. The van der Waals surface area contributed by atoms with Crippen molar-refractivity contribution in [2.24, 2.45) is 28.6 Å². The molecule has 6 atom stereocenters. The summed E-state index contributed by atoms with van der Waals surface area (Å²) in [5.41, 5.74) is 1.07. The first-order valence-electron chi connectivity index (χ1n) is 9.21. The molecule has 0 heterocycles. The summed E-state index contributed by atoms with van der Waals surface area (Å²) in [7, 11) is 4.05. The second kappa shape index (κ2) is 5.85. The summed E-state index contributed by atoms with van der Waals surface area (Å²) < 4.78 is 5.75. The van der Waals surface area contributed by atoms with Gasteiger partial charge in [-0.1, -0.05) is 20.3 Å². The highest BCUT2D eigenvalue weighted by Gasteiger charge is 2.56. The summed E-state index contributed by atoms with van der Waals surface area (Å²) in [6, 6.07) is 0. The highest BCUT2D eigenvalue weighted by Crippen LogP contribution is 2.63. The van der Waals surface area contributed by atoms with Crippen LogP contribution >= 0.6 is 0 Å². The average molecular weight is 293 g/mol. The lowest BCUT2D eigenvalue weighted by atomic mass is 9.44. The van der Waals surface area contributed by atoms with Crippen LogP contribution in [-0.2, 0) is 4.74 Å². The molecular weight excluding hydrogens is 258 g/mol. The van der Waals surface area contributed by atoms with E-state index in [-0.39, 0.29) is 0 Å². The summed E-state index contributed by atoms with van der Waals surface area (Å²) in [5.74, 6) is 2.80. The van der Waals surface area contributed by atoms with Crippen molar-refractivity contribution in [3.05, 3.63) is 0 Å². The van der Waals surface area contributed by atoms with Gasteiger partial charge in [0.15, 0.2) is 0 Å². The summed E-state index contributed by atoms with van der Waals surface area (Å²) in [6.07, 6.45) is 11.8. The van der Waals surface area contributed by atoms with Gasteiger partial charge in [-0.15, -0.1) is 0 Å². The molecule has 3 aliphatic carbocycles. The van der Waals surface area contributed by atoms with E-state index in [2.05, 4.69) is 26.2 Å². The Morgan fingerprint density at radius 1 is 1.10 bits per heavy atom. The normalized spacial score (nSPS) is 50.3. The Morgan fingerprint density at radius 2 is 1.86 bits per heavy atom. The Bertz CT molecular complexity index is 367. The van der Waals surface area contributed by atoms with Crippen molar-refractivity contribution in [2.75, 3.05) is 20.7 Å². The molecule has 0 spiro atoms. The lowest BCUT2D eigenvalue weighted by Crippen LogP contribution is -2.56. The van der Waals surface area contributed by atoms with Crippen LogP contribution in [0.25, 0.3) is 0 Å². The van der Waals surface area contributed by atoms with Gasteiger partial charge in [-0.05, 0) is 80.6 Å². The zero-order valence-corrected chi connectivity index (χ0v) is 14.6. The molecule has 0 radical (unpaired) electrons. The fourth-order valence-electron chi connectivity index (χ4n) is 6.70. The molecule has 0 aromatic carbocycles. The van der Waals surface area contributed by atoms with Crippen molar-refractivity contribution in [1.82, 2.24) is 5.32 Å². The maximum absolute atomic E-state index is 5.75. The third-order valence-corrected chi connectivity index (χ3v) is 7.63. The predicted octanol–water partition coefficient (Wildman–Crippen LogP) is 4.24. The molecule has 0 aromatic heterocycles. The lowest BCUT2D eigenvalue weighted by molar-refractivity contribution is -0.132. The number of hydrogen-bond acceptors (Lipinski definition) is 2. The largest absolute Gasteiger partial charge is 0.381 e. The molecule has 3 rings (SSSR count). The molecule has 5 unspecified atom stereocenters. The molecule has 0 aromatic rings. The van der Waals surface area contributed by atoms with E-state index in [0.717, 1.165) is 17.8 Å². The highest BCUT2D eigenvalue weighted by atomic mass is 16.5. The second-order valence-corrected chi connectivity index (χ2v) is 8.71. The average Bonchev–Trinajstić information content (AvgIpc) is 2.47. The number of fused-ring (bicyclic) bond motifs is 3. The Balaban J connectivity index is 1.86. The Kier molecular flexibility index (Phi) is 4.40. The van der Waals surface area contributed by atoms with E-state index in [0.29, 0.717) is 16.9 Å². The van der Waals surface area contributed by atoms with Crippen molar-refractivity contribution >= 4 is 0 Å². The van der Waals surface area contributed by atoms with Gasteiger partial charge in [0, 0.05) is 13.7 Å². The van der Waals surface area contributed by atoms with Gasteiger partial charge < -0.3 is 10.1 Å². The number of methoxy groups -OCH3 is 1. The minimum absolute atomic E-state index is 0.507. The lowest BCUT2D eigenvalue weighted by Gasteiger charge is -2.62. The summed E-state index contributed by atoms with van der Waals surface area (Å²) >= 11 is 0. The van der Waals surface area contributed by atoms with Crippen molar-refractivity contribution in [3.8, 4) is 0 Å².